The molecule has 4 nitrogen and oxygen atoms in total. The lowest BCUT2D eigenvalue weighted by molar-refractivity contribution is -0.143. The third-order valence-electron chi connectivity index (χ3n) is 3.43. The van der Waals surface area contributed by atoms with E-state index in [2.05, 4.69) is 5.32 Å². The lowest BCUT2D eigenvalue weighted by Gasteiger charge is -2.17. The van der Waals surface area contributed by atoms with Gasteiger partial charge in [0.2, 0.25) is 5.91 Å². The highest BCUT2D eigenvalue weighted by Gasteiger charge is 2.23. The van der Waals surface area contributed by atoms with Crippen LogP contribution in [0.25, 0.3) is 10.8 Å². The van der Waals surface area contributed by atoms with Gasteiger partial charge in [0.05, 0.1) is 6.42 Å². The third kappa shape index (κ3) is 3.81. The zero-order chi connectivity index (χ0) is 15.4. The Morgan fingerprint density at radius 1 is 1.10 bits per heavy atom. The number of carbonyl (C=O) groups excluding carboxylic acids is 1. The summed E-state index contributed by atoms with van der Waals surface area (Å²) in [5.41, 5.74) is 0.874. The van der Waals surface area contributed by atoms with Gasteiger partial charge in [-0.3, -0.25) is 4.79 Å². The number of amides is 1. The van der Waals surface area contributed by atoms with E-state index in [1.165, 1.54) is 0 Å². The molecular weight excluding hydrogens is 266 g/mol. The quantitative estimate of drug-likeness (QED) is 0.887. The van der Waals surface area contributed by atoms with Crippen LogP contribution >= 0.6 is 0 Å². The van der Waals surface area contributed by atoms with Crippen molar-refractivity contribution in [3.63, 3.8) is 0 Å². The maximum atomic E-state index is 12.0. The molecule has 0 aliphatic rings. The first-order valence-electron chi connectivity index (χ1n) is 6.97. The highest BCUT2D eigenvalue weighted by molar-refractivity contribution is 5.87. The van der Waals surface area contributed by atoms with Crippen molar-refractivity contribution >= 4 is 22.6 Å². The largest absolute Gasteiger partial charge is 0.480 e. The minimum atomic E-state index is -1.00. The van der Waals surface area contributed by atoms with Crippen LogP contribution in [0.3, 0.4) is 0 Å². The number of fused-ring (bicyclic) bond motifs is 1. The zero-order valence-electron chi connectivity index (χ0n) is 12.2. The van der Waals surface area contributed by atoms with Crippen LogP contribution in [-0.4, -0.2) is 23.0 Å². The first kappa shape index (κ1) is 15.0. The molecule has 0 saturated heterocycles. The predicted molar refractivity (Wildman–Crippen MR) is 82.1 cm³/mol. The molecule has 21 heavy (non-hydrogen) atoms. The summed E-state index contributed by atoms with van der Waals surface area (Å²) in [7, 11) is 0. The normalized spacial score (nSPS) is 12.3. The van der Waals surface area contributed by atoms with E-state index in [9.17, 15) is 9.59 Å². The molecule has 0 saturated carbocycles. The topological polar surface area (TPSA) is 66.4 Å². The monoisotopic (exact) mass is 285 g/mol. The fourth-order valence-electron chi connectivity index (χ4n) is 2.27. The highest BCUT2D eigenvalue weighted by Crippen LogP contribution is 2.16. The Kier molecular flexibility index (Phi) is 4.58. The molecule has 2 aromatic carbocycles. The summed E-state index contributed by atoms with van der Waals surface area (Å²) in [4.78, 5) is 23.1. The summed E-state index contributed by atoms with van der Waals surface area (Å²) in [5.74, 6) is -1.42. The third-order valence-corrected chi connectivity index (χ3v) is 3.43. The summed E-state index contributed by atoms with van der Waals surface area (Å²) in [6.07, 6.45) is 0.182. The van der Waals surface area contributed by atoms with Gasteiger partial charge in [0.1, 0.15) is 6.04 Å². The lowest BCUT2D eigenvalue weighted by Crippen LogP contribution is -2.44. The van der Waals surface area contributed by atoms with Crippen LogP contribution in [0.15, 0.2) is 42.5 Å². The molecule has 0 unspecified atom stereocenters. The van der Waals surface area contributed by atoms with Gasteiger partial charge in [-0.05, 0) is 22.3 Å². The number of rotatable bonds is 5. The molecule has 4 heteroatoms. The summed E-state index contributed by atoms with van der Waals surface area (Å²) in [6, 6.07) is 12.9. The van der Waals surface area contributed by atoms with Gasteiger partial charge in [-0.25, -0.2) is 4.79 Å². The smallest absolute Gasteiger partial charge is 0.326 e. The van der Waals surface area contributed by atoms with Crippen LogP contribution in [0.2, 0.25) is 0 Å². The van der Waals surface area contributed by atoms with Gasteiger partial charge in [0.15, 0.2) is 0 Å². The Hall–Kier alpha value is -2.36. The summed E-state index contributed by atoms with van der Waals surface area (Å²) in [5, 5.41) is 13.8. The Labute approximate surface area is 123 Å². The van der Waals surface area contributed by atoms with E-state index >= 15 is 0 Å². The lowest BCUT2D eigenvalue weighted by atomic mass is 10.0. The second kappa shape index (κ2) is 6.39. The van der Waals surface area contributed by atoms with Crippen molar-refractivity contribution in [2.24, 2.45) is 5.92 Å². The molecule has 1 atom stereocenters. The van der Waals surface area contributed by atoms with Crippen LogP contribution in [0.4, 0.5) is 0 Å². The van der Waals surface area contributed by atoms with Crippen LogP contribution in [0.1, 0.15) is 19.4 Å². The van der Waals surface area contributed by atoms with Crippen LogP contribution in [0, 0.1) is 5.92 Å². The SMILES string of the molecule is CC(C)[C@@H](NC(=O)Cc1ccc2ccccc2c1)C(=O)O. The maximum absolute atomic E-state index is 12.0. The molecular formula is C17H19NO3. The van der Waals surface area contributed by atoms with Crippen LogP contribution < -0.4 is 5.32 Å². The van der Waals surface area contributed by atoms with E-state index in [0.717, 1.165) is 16.3 Å². The molecule has 0 aliphatic carbocycles. The number of hydrogen-bond donors (Lipinski definition) is 2. The number of benzene rings is 2. The Bertz CT molecular complexity index is 664. The van der Waals surface area contributed by atoms with Crippen molar-refractivity contribution in [3.8, 4) is 0 Å². The Morgan fingerprint density at radius 2 is 1.76 bits per heavy atom. The number of carboxylic acid groups (broad SMARTS) is 1. The van der Waals surface area contributed by atoms with E-state index < -0.39 is 12.0 Å². The van der Waals surface area contributed by atoms with Gasteiger partial charge < -0.3 is 10.4 Å². The molecule has 2 rings (SSSR count). The number of carbonyl (C=O) groups is 2. The first-order chi connectivity index (χ1) is 9.97. The first-order valence-corrected chi connectivity index (χ1v) is 6.97. The summed E-state index contributed by atoms with van der Waals surface area (Å²) >= 11 is 0. The van der Waals surface area contributed by atoms with Gasteiger partial charge in [-0.1, -0.05) is 56.3 Å². The average molecular weight is 285 g/mol. The minimum absolute atomic E-state index is 0.150. The van der Waals surface area contributed by atoms with E-state index in [0.29, 0.717) is 0 Å². The van der Waals surface area contributed by atoms with Crippen molar-refractivity contribution in [1.82, 2.24) is 5.32 Å². The van der Waals surface area contributed by atoms with E-state index in [-0.39, 0.29) is 18.2 Å². The number of carboxylic acids is 1. The molecule has 0 aromatic heterocycles. The predicted octanol–water partition coefficient (Wildman–Crippen LogP) is 2.61. The fraction of sp³-hybridized carbons (Fsp3) is 0.294. The summed E-state index contributed by atoms with van der Waals surface area (Å²) in [6.45, 7) is 3.55. The molecule has 0 spiro atoms. The van der Waals surface area contributed by atoms with Crippen molar-refractivity contribution in [1.29, 1.82) is 0 Å². The van der Waals surface area contributed by atoms with E-state index in [1.54, 1.807) is 13.8 Å². The standard InChI is InChI=1S/C17H19NO3/c1-11(2)16(17(20)21)18-15(19)10-12-7-8-13-5-3-4-6-14(13)9-12/h3-9,11,16H,10H2,1-2H3,(H,18,19)(H,20,21)/t16-/m1/s1. The van der Waals surface area contributed by atoms with Crippen LogP contribution in [-0.2, 0) is 16.0 Å². The van der Waals surface area contributed by atoms with Crippen molar-refractivity contribution < 1.29 is 14.7 Å². The number of hydrogen-bond acceptors (Lipinski definition) is 2. The van der Waals surface area contributed by atoms with Gasteiger partial charge in [-0.15, -0.1) is 0 Å². The summed E-state index contributed by atoms with van der Waals surface area (Å²) < 4.78 is 0. The van der Waals surface area contributed by atoms with Crippen molar-refractivity contribution in [2.75, 3.05) is 0 Å². The molecule has 0 bridgehead atoms. The fourth-order valence-corrected chi connectivity index (χ4v) is 2.27. The second-order valence-corrected chi connectivity index (χ2v) is 5.49. The minimum Gasteiger partial charge on any atom is -0.480 e. The highest BCUT2D eigenvalue weighted by atomic mass is 16.4. The van der Waals surface area contributed by atoms with E-state index in [4.69, 9.17) is 5.11 Å². The number of nitrogens with one attached hydrogen (secondary N) is 1. The molecule has 0 aliphatic heterocycles. The average Bonchev–Trinajstić information content (AvgIpc) is 2.44. The zero-order valence-corrected chi connectivity index (χ0v) is 12.2. The van der Waals surface area contributed by atoms with Gasteiger partial charge >= 0.3 is 5.97 Å². The molecule has 0 radical (unpaired) electrons. The molecule has 1 amide bonds. The second-order valence-electron chi connectivity index (χ2n) is 5.49. The van der Waals surface area contributed by atoms with Crippen LogP contribution in [0.5, 0.6) is 0 Å². The molecule has 2 aromatic rings. The van der Waals surface area contributed by atoms with Gasteiger partial charge in [-0.2, -0.15) is 0 Å². The van der Waals surface area contributed by atoms with E-state index in [1.807, 2.05) is 42.5 Å². The Balaban J connectivity index is 2.08. The molecule has 0 fully saturated rings. The van der Waals surface area contributed by atoms with Gasteiger partial charge in [0, 0.05) is 0 Å². The Morgan fingerprint density at radius 3 is 2.38 bits per heavy atom. The van der Waals surface area contributed by atoms with Gasteiger partial charge in [0.25, 0.3) is 0 Å². The number of aliphatic carboxylic acids is 1. The molecule has 0 heterocycles. The maximum Gasteiger partial charge on any atom is 0.326 e. The van der Waals surface area contributed by atoms with Crippen molar-refractivity contribution in [3.05, 3.63) is 48.0 Å². The van der Waals surface area contributed by atoms with Crippen molar-refractivity contribution in [2.45, 2.75) is 26.3 Å². The molecule has 110 valence electrons. The molecule has 2 N–H and O–H groups in total.